The summed E-state index contributed by atoms with van der Waals surface area (Å²) >= 11 is 0. The van der Waals surface area contributed by atoms with Gasteiger partial charge >= 0.3 is 0 Å². The first kappa shape index (κ1) is 16.4. The molecule has 3 aliphatic carbocycles. The van der Waals surface area contributed by atoms with E-state index in [0.717, 1.165) is 24.9 Å². The van der Waals surface area contributed by atoms with Crippen molar-refractivity contribution in [2.24, 2.45) is 28.9 Å². The molecule has 1 aliphatic heterocycles. The van der Waals surface area contributed by atoms with Crippen LogP contribution in [0.25, 0.3) is 0 Å². The summed E-state index contributed by atoms with van der Waals surface area (Å²) in [6.45, 7) is 3.27. The van der Waals surface area contributed by atoms with Crippen molar-refractivity contribution in [3.63, 3.8) is 0 Å². The summed E-state index contributed by atoms with van der Waals surface area (Å²) in [7, 11) is 0. The van der Waals surface area contributed by atoms with Gasteiger partial charge < -0.3 is 16.0 Å². The fourth-order valence-electron chi connectivity index (χ4n) is 4.97. The number of carbonyl (C=O) groups is 2. The number of primary amides is 1. The first-order chi connectivity index (χ1) is 11.6. The second-order valence-corrected chi connectivity index (χ2v) is 8.75. The number of nitrogens with two attached hydrogens (primary N) is 1. The molecule has 0 aromatic heterocycles. The number of nitrogens with one attached hydrogen (secondary N) is 1. The number of nitrogens with zero attached hydrogens (tertiary/aromatic N) is 1. The summed E-state index contributed by atoms with van der Waals surface area (Å²) in [5.74, 6) is 1.63. The van der Waals surface area contributed by atoms with E-state index < -0.39 is 11.3 Å². The number of hydrogen-bond acceptors (Lipinski definition) is 3. The SMILES string of the molecule is NC(=O)C1(C(=O)N[C@H]2CN(CC3CCCCC3)C[C@@H]2C2CC2)CC1. The van der Waals surface area contributed by atoms with E-state index in [1.165, 1.54) is 51.5 Å². The molecule has 0 radical (unpaired) electrons. The van der Waals surface area contributed by atoms with Crippen LogP contribution in [0, 0.1) is 23.2 Å². The highest BCUT2D eigenvalue weighted by molar-refractivity contribution is 6.07. The average Bonchev–Trinajstić information content (AvgIpc) is 3.47. The first-order valence-electron chi connectivity index (χ1n) is 9.92. The summed E-state index contributed by atoms with van der Waals surface area (Å²) in [5, 5.41) is 3.22. The van der Waals surface area contributed by atoms with Crippen molar-refractivity contribution in [1.82, 2.24) is 10.2 Å². The molecule has 0 bridgehead atoms. The van der Waals surface area contributed by atoms with Crippen LogP contribution in [0.4, 0.5) is 0 Å². The molecule has 2 amide bonds. The molecule has 4 rings (SSSR count). The Labute approximate surface area is 144 Å². The van der Waals surface area contributed by atoms with Gasteiger partial charge in [0, 0.05) is 25.7 Å². The molecule has 3 saturated carbocycles. The highest BCUT2D eigenvalue weighted by Gasteiger charge is 2.56. The highest BCUT2D eigenvalue weighted by atomic mass is 16.2. The maximum Gasteiger partial charge on any atom is 0.235 e. The van der Waals surface area contributed by atoms with Crippen molar-refractivity contribution in [2.75, 3.05) is 19.6 Å². The van der Waals surface area contributed by atoms with E-state index in [4.69, 9.17) is 5.73 Å². The molecular weight excluding hydrogens is 302 g/mol. The van der Waals surface area contributed by atoms with E-state index in [2.05, 4.69) is 10.2 Å². The van der Waals surface area contributed by atoms with E-state index in [-0.39, 0.29) is 11.9 Å². The van der Waals surface area contributed by atoms with E-state index in [0.29, 0.717) is 18.8 Å². The molecule has 4 aliphatic rings. The van der Waals surface area contributed by atoms with E-state index in [1.54, 1.807) is 0 Å². The zero-order valence-electron chi connectivity index (χ0n) is 14.6. The Morgan fingerprint density at radius 1 is 1.04 bits per heavy atom. The summed E-state index contributed by atoms with van der Waals surface area (Å²) in [6, 6.07) is 0.213. The standard InChI is InChI=1S/C19H31N3O2/c20-17(23)19(8-9-19)18(24)21-16-12-22(11-15(16)14-6-7-14)10-13-4-2-1-3-5-13/h13-16H,1-12H2,(H2,20,23)(H,21,24)/t15-,16+/m1/s1. The molecule has 134 valence electrons. The summed E-state index contributed by atoms with van der Waals surface area (Å²) in [5.41, 5.74) is 4.57. The Morgan fingerprint density at radius 3 is 2.33 bits per heavy atom. The van der Waals surface area contributed by atoms with E-state index in [1.807, 2.05) is 0 Å². The first-order valence-corrected chi connectivity index (χ1v) is 9.92. The Morgan fingerprint density at radius 2 is 1.75 bits per heavy atom. The van der Waals surface area contributed by atoms with Gasteiger partial charge in [-0.05, 0) is 56.3 Å². The molecule has 5 nitrogen and oxygen atoms in total. The lowest BCUT2D eigenvalue weighted by Gasteiger charge is -2.27. The molecular formula is C19H31N3O2. The second-order valence-electron chi connectivity index (χ2n) is 8.75. The minimum Gasteiger partial charge on any atom is -0.369 e. The number of likely N-dealkylation sites (tertiary alicyclic amines) is 1. The van der Waals surface area contributed by atoms with Crippen LogP contribution in [0.15, 0.2) is 0 Å². The van der Waals surface area contributed by atoms with Crippen LogP contribution in [0.2, 0.25) is 0 Å². The highest BCUT2D eigenvalue weighted by Crippen LogP contribution is 2.47. The zero-order chi connectivity index (χ0) is 16.7. The lowest BCUT2D eigenvalue weighted by molar-refractivity contribution is -0.136. The summed E-state index contributed by atoms with van der Waals surface area (Å²) in [6.07, 6.45) is 10.7. The third kappa shape index (κ3) is 3.19. The van der Waals surface area contributed by atoms with Crippen LogP contribution in [-0.4, -0.2) is 42.4 Å². The number of rotatable bonds is 6. The molecule has 0 unspecified atom stereocenters. The van der Waals surface area contributed by atoms with Crippen LogP contribution < -0.4 is 11.1 Å². The molecule has 24 heavy (non-hydrogen) atoms. The van der Waals surface area contributed by atoms with Gasteiger partial charge in [0.2, 0.25) is 11.8 Å². The predicted octanol–water partition coefficient (Wildman–Crippen LogP) is 1.66. The quantitative estimate of drug-likeness (QED) is 0.726. The molecule has 1 saturated heterocycles. The number of hydrogen-bond donors (Lipinski definition) is 2. The lowest BCUT2D eigenvalue weighted by atomic mass is 9.89. The van der Waals surface area contributed by atoms with Crippen molar-refractivity contribution in [3.05, 3.63) is 0 Å². The maximum atomic E-state index is 12.6. The monoisotopic (exact) mass is 333 g/mol. The van der Waals surface area contributed by atoms with Crippen molar-refractivity contribution < 1.29 is 9.59 Å². The van der Waals surface area contributed by atoms with Gasteiger partial charge in [-0.3, -0.25) is 9.59 Å². The fraction of sp³-hybridized carbons (Fsp3) is 0.895. The van der Waals surface area contributed by atoms with Gasteiger partial charge in [-0.2, -0.15) is 0 Å². The molecule has 4 fully saturated rings. The fourth-order valence-corrected chi connectivity index (χ4v) is 4.97. The largest absolute Gasteiger partial charge is 0.369 e. The molecule has 2 atom stereocenters. The third-order valence-corrected chi connectivity index (χ3v) is 6.88. The Kier molecular flexibility index (Phi) is 4.31. The predicted molar refractivity (Wildman–Crippen MR) is 92.0 cm³/mol. The maximum absolute atomic E-state index is 12.6. The Bertz CT molecular complexity index is 507. The smallest absolute Gasteiger partial charge is 0.235 e. The molecule has 0 aromatic rings. The van der Waals surface area contributed by atoms with Crippen molar-refractivity contribution in [2.45, 2.75) is 63.8 Å². The molecule has 5 heteroatoms. The summed E-state index contributed by atoms with van der Waals surface area (Å²) < 4.78 is 0. The van der Waals surface area contributed by atoms with Crippen LogP contribution in [0.3, 0.4) is 0 Å². The molecule has 3 N–H and O–H groups in total. The van der Waals surface area contributed by atoms with Gasteiger partial charge in [0.25, 0.3) is 0 Å². The van der Waals surface area contributed by atoms with Crippen LogP contribution in [0.5, 0.6) is 0 Å². The van der Waals surface area contributed by atoms with Crippen LogP contribution in [-0.2, 0) is 9.59 Å². The van der Waals surface area contributed by atoms with Crippen molar-refractivity contribution in [3.8, 4) is 0 Å². The second kappa shape index (κ2) is 6.32. The van der Waals surface area contributed by atoms with Gasteiger partial charge in [0.1, 0.15) is 5.41 Å². The van der Waals surface area contributed by atoms with Gasteiger partial charge in [0.05, 0.1) is 0 Å². The minimum atomic E-state index is -0.884. The number of amides is 2. The lowest BCUT2D eigenvalue weighted by Crippen LogP contribution is -2.48. The molecule has 0 spiro atoms. The van der Waals surface area contributed by atoms with Crippen molar-refractivity contribution >= 4 is 11.8 Å². The average molecular weight is 333 g/mol. The van der Waals surface area contributed by atoms with E-state index >= 15 is 0 Å². The molecule has 0 aromatic carbocycles. The molecule has 1 heterocycles. The van der Waals surface area contributed by atoms with Crippen molar-refractivity contribution in [1.29, 1.82) is 0 Å². The topological polar surface area (TPSA) is 75.4 Å². The minimum absolute atomic E-state index is 0.106. The normalized spacial score (nSPS) is 33.3. The van der Waals surface area contributed by atoms with Gasteiger partial charge in [-0.25, -0.2) is 0 Å². The Balaban J connectivity index is 1.36. The van der Waals surface area contributed by atoms with E-state index in [9.17, 15) is 9.59 Å². The van der Waals surface area contributed by atoms with Crippen LogP contribution in [0.1, 0.15) is 57.8 Å². The zero-order valence-corrected chi connectivity index (χ0v) is 14.6. The van der Waals surface area contributed by atoms with Gasteiger partial charge in [-0.15, -0.1) is 0 Å². The third-order valence-electron chi connectivity index (χ3n) is 6.88. The Hall–Kier alpha value is -1.10. The van der Waals surface area contributed by atoms with Gasteiger partial charge in [-0.1, -0.05) is 19.3 Å². The van der Waals surface area contributed by atoms with Gasteiger partial charge in [0.15, 0.2) is 0 Å². The van der Waals surface area contributed by atoms with Crippen LogP contribution >= 0.6 is 0 Å². The number of carbonyl (C=O) groups excluding carboxylic acids is 2. The summed E-state index contributed by atoms with van der Waals surface area (Å²) in [4.78, 5) is 26.8.